The number of thiazole rings is 1. The zero-order valence-electron chi connectivity index (χ0n) is 16.8. The highest BCUT2D eigenvalue weighted by molar-refractivity contribution is 7.92. The van der Waals surface area contributed by atoms with E-state index >= 15 is 0 Å². The van der Waals surface area contributed by atoms with Crippen LogP contribution in [0.2, 0.25) is 0 Å². The van der Waals surface area contributed by atoms with Gasteiger partial charge in [0.15, 0.2) is 0 Å². The number of hydrogen-bond acceptors (Lipinski definition) is 5. The summed E-state index contributed by atoms with van der Waals surface area (Å²) in [5, 5.41) is 2.81. The van der Waals surface area contributed by atoms with Crippen molar-refractivity contribution in [1.82, 2.24) is 4.57 Å². The SMILES string of the molecule is CN(c1ccc(C(=O)Nc2ccc3c(c2)sc(=O)n3C)cc1)S(=O)(=O)c1ccccc1. The van der Waals surface area contributed by atoms with Crippen LogP contribution < -0.4 is 14.5 Å². The number of carbonyl (C=O) groups excluding carboxylic acids is 1. The van der Waals surface area contributed by atoms with Crippen LogP contribution in [0, 0.1) is 0 Å². The Hall–Kier alpha value is -3.43. The number of carbonyl (C=O) groups is 1. The lowest BCUT2D eigenvalue weighted by Crippen LogP contribution is -2.26. The molecule has 4 aromatic rings. The molecule has 158 valence electrons. The monoisotopic (exact) mass is 453 g/mol. The first-order chi connectivity index (χ1) is 14.8. The highest BCUT2D eigenvalue weighted by Crippen LogP contribution is 2.24. The smallest absolute Gasteiger partial charge is 0.307 e. The van der Waals surface area contributed by atoms with Gasteiger partial charge >= 0.3 is 4.87 Å². The van der Waals surface area contributed by atoms with E-state index in [1.54, 1.807) is 72.3 Å². The second-order valence-corrected chi connectivity index (χ2v) is 9.86. The first-order valence-electron chi connectivity index (χ1n) is 9.32. The van der Waals surface area contributed by atoms with E-state index in [1.807, 2.05) is 0 Å². The molecule has 0 aliphatic heterocycles. The summed E-state index contributed by atoms with van der Waals surface area (Å²) in [4.78, 5) is 24.5. The zero-order chi connectivity index (χ0) is 22.2. The summed E-state index contributed by atoms with van der Waals surface area (Å²) in [5.74, 6) is -0.331. The molecule has 1 aromatic heterocycles. The topological polar surface area (TPSA) is 88.5 Å². The zero-order valence-corrected chi connectivity index (χ0v) is 18.4. The molecule has 0 aliphatic rings. The minimum Gasteiger partial charge on any atom is -0.322 e. The average Bonchev–Trinajstić information content (AvgIpc) is 3.06. The second-order valence-electron chi connectivity index (χ2n) is 6.90. The van der Waals surface area contributed by atoms with Gasteiger partial charge in [-0.15, -0.1) is 0 Å². The average molecular weight is 454 g/mol. The van der Waals surface area contributed by atoms with Crippen LogP contribution in [0.4, 0.5) is 11.4 Å². The normalized spacial score (nSPS) is 11.4. The van der Waals surface area contributed by atoms with E-state index in [1.165, 1.54) is 23.5 Å². The van der Waals surface area contributed by atoms with Crippen molar-refractivity contribution in [2.45, 2.75) is 4.90 Å². The van der Waals surface area contributed by atoms with Crippen molar-refractivity contribution in [1.29, 1.82) is 0 Å². The third-order valence-electron chi connectivity index (χ3n) is 4.94. The predicted octanol–water partition coefficient (Wildman–Crippen LogP) is 3.68. The molecule has 0 fully saturated rings. The van der Waals surface area contributed by atoms with Crippen LogP contribution in [0.5, 0.6) is 0 Å². The first-order valence-corrected chi connectivity index (χ1v) is 11.6. The minimum atomic E-state index is -3.69. The standard InChI is InChI=1S/C22H19N3O4S2/c1-24-19-13-10-16(14-20(19)30-22(24)27)23-21(26)15-8-11-17(12-9-15)25(2)31(28,29)18-6-4-3-5-7-18/h3-14H,1-2H3,(H,23,26). The quantitative estimate of drug-likeness (QED) is 0.499. The van der Waals surface area contributed by atoms with Crippen LogP contribution in [-0.4, -0.2) is 25.9 Å². The Morgan fingerprint density at radius 1 is 1.00 bits per heavy atom. The van der Waals surface area contributed by atoms with Crippen molar-refractivity contribution < 1.29 is 13.2 Å². The summed E-state index contributed by atoms with van der Waals surface area (Å²) < 4.78 is 29.0. The number of nitrogens with zero attached hydrogens (tertiary/aromatic N) is 2. The number of benzene rings is 3. The molecule has 0 spiro atoms. The molecular weight excluding hydrogens is 434 g/mol. The minimum absolute atomic E-state index is 0.0661. The fraction of sp³-hybridized carbons (Fsp3) is 0.0909. The molecule has 0 radical (unpaired) electrons. The third-order valence-corrected chi connectivity index (χ3v) is 7.74. The van der Waals surface area contributed by atoms with E-state index in [2.05, 4.69) is 5.32 Å². The molecule has 1 amide bonds. The molecule has 7 nitrogen and oxygen atoms in total. The number of nitrogens with one attached hydrogen (secondary N) is 1. The van der Waals surface area contributed by atoms with Crippen molar-refractivity contribution in [2.24, 2.45) is 7.05 Å². The Bertz CT molecular complexity index is 1420. The van der Waals surface area contributed by atoms with Crippen molar-refractivity contribution in [3.8, 4) is 0 Å². The molecule has 0 atom stereocenters. The molecule has 4 rings (SSSR count). The van der Waals surface area contributed by atoms with Gasteiger partial charge in [0.25, 0.3) is 15.9 Å². The van der Waals surface area contributed by atoms with Crippen molar-refractivity contribution in [2.75, 3.05) is 16.7 Å². The lowest BCUT2D eigenvalue weighted by atomic mass is 10.2. The Morgan fingerprint density at radius 2 is 1.68 bits per heavy atom. The summed E-state index contributed by atoms with van der Waals surface area (Å²) in [6.45, 7) is 0. The van der Waals surface area contributed by atoms with E-state index in [9.17, 15) is 18.0 Å². The molecule has 9 heteroatoms. The molecular formula is C22H19N3O4S2. The van der Waals surface area contributed by atoms with Gasteiger partial charge in [0.05, 0.1) is 20.8 Å². The number of fused-ring (bicyclic) bond motifs is 1. The summed E-state index contributed by atoms with van der Waals surface area (Å²) >= 11 is 1.12. The van der Waals surface area contributed by atoms with Gasteiger partial charge in [0.2, 0.25) is 0 Å². The number of anilines is 2. The summed E-state index contributed by atoms with van der Waals surface area (Å²) in [6.07, 6.45) is 0. The van der Waals surface area contributed by atoms with Gasteiger partial charge in [0, 0.05) is 25.3 Å². The van der Waals surface area contributed by atoms with Crippen LogP contribution >= 0.6 is 11.3 Å². The van der Waals surface area contributed by atoms with Crippen molar-refractivity contribution >= 4 is 48.9 Å². The third kappa shape index (κ3) is 3.97. The van der Waals surface area contributed by atoms with Gasteiger partial charge in [-0.3, -0.25) is 13.9 Å². The van der Waals surface area contributed by atoms with E-state index in [0.717, 1.165) is 21.6 Å². The summed E-state index contributed by atoms with van der Waals surface area (Å²) in [6, 6.07) is 19.7. The van der Waals surface area contributed by atoms with Crippen molar-refractivity contribution in [3.63, 3.8) is 0 Å². The maximum absolute atomic E-state index is 12.7. The van der Waals surface area contributed by atoms with Crippen LogP contribution in [0.25, 0.3) is 10.2 Å². The fourth-order valence-corrected chi connectivity index (χ4v) is 5.26. The first kappa shape index (κ1) is 20.8. The molecule has 0 saturated carbocycles. The Morgan fingerprint density at radius 3 is 2.35 bits per heavy atom. The van der Waals surface area contributed by atoms with Crippen LogP contribution in [-0.2, 0) is 17.1 Å². The molecule has 0 bridgehead atoms. The van der Waals surface area contributed by atoms with Gasteiger partial charge in [-0.1, -0.05) is 29.5 Å². The predicted molar refractivity (Wildman–Crippen MR) is 123 cm³/mol. The number of aromatic nitrogens is 1. The fourth-order valence-electron chi connectivity index (χ4n) is 3.13. The van der Waals surface area contributed by atoms with Crippen molar-refractivity contribution in [3.05, 3.63) is 88.0 Å². The maximum Gasteiger partial charge on any atom is 0.307 e. The molecule has 1 heterocycles. The van der Waals surface area contributed by atoms with E-state index in [4.69, 9.17) is 0 Å². The highest BCUT2D eigenvalue weighted by atomic mass is 32.2. The van der Waals surface area contributed by atoms with Crippen LogP contribution in [0.1, 0.15) is 10.4 Å². The number of sulfonamides is 1. The number of hydrogen-bond donors (Lipinski definition) is 1. The highest BCUT2D eigenvalue weighted by Gasteiger charge is 2.21. The lowest BCUT2D eigenvalue weighted by molar-refractivity contribution is 0.102. The molecule has 31 heavy (non-hydrogen) atoms. The van der Waals surface area contributed by atoms with E-state index in [0.29, 0.717) is 16.9 Å². The Kier molecular flexibility index (Phi) is 5.38. The lowest BCUT2D eigenvalue weighted by Gasteiger charge is -2.19. The van der Waals surface area contributed by atoms with Gasteiger partial charge in [-0.25, -0.2) is 8.42 Å². The molecule has 0 aliphatic carbocycles. The Labute approximate surface area is 183 Å². The molecule has 0 unspecified atom stereocenters. The molecule has 3 aromatic carbocycles. The summed E-state index contributed by atoms with van der Waals surface area (Å²) in [7, 11) is -0.515. The maximum atomic E-state index is 12.7. The number of aryl methyl sites for hydroxylation is 1. The van der Waals surface area contributed by atoms with Gasteiger partial charge in [-0.05, 0) is 54.6 Å². The van der Waals surface area contributed by atoms with Gasteiger partial charge < -0.3 is 9.88 Å². The summed E-state index contributed by atoms with van der Waals surface area (Å²) in [5.41, 5.74) is 2.21. The largest absolute Gasteiger partial charge is 0.322 e. The van der Waals surface area contributed by atoms with Gasteiger partial charge in [-0.2, -0.15) is 0 Å². The van der Waals surface area contributed by atoms with Crippen LogP contribution in [0.3, 0.4) is 0 Å². The van der Waals surface area contributed by atoms with Gasteiger partial charge in [0.1, 0.15) is 0 Å². The Balaban J connectivity index is 1.52. The molecule has 0 saturated heterocycles. The number of rotatable bonds is 5. The van der Waals surface area contributed by atoms with E-state index < -0.39 is 10.0 Å². The van der Waals surface area contributed by atoms with E-state index in [-0.39, 0.29) is 15.7 Å². The second kappa shape index (κ2) is 8.01. The molecule has 1 N–H and O–H groups in total. The number of amides is 1. The van der Waals surface area contributed by atoms with Crippen LogP contribution in [0.15, 0.2) is 82.5 Å².